The van der Waals surface area contributed by atoms with Crippen molar-refractivity contribution in [3.8, 4) is 17.2 Å². The molecule has 0 amide bonds. The summed E-state index contributed by atoms with van der Waals surface area (Å²) >= 11 is 0. The van der Waals surface area contributed by atoms with Gasteiger partial charge in [-0.2, -0.15) is 4.99 Å². The molecular weight excluding hydrogens is 234 g/mol. The fourth-order valence-electron chi connectivity index (χ4n) is 2.58. The quantitative estimate of drug-likeness (QED) is 0.606. The lowest BCUT2D eigenvalue weighted by Crippen LogP contribution is -2.32. The molecule has 18 heavy (non-hydrogen) atoms. The fourth-order valence-corrected chi connectivity index (χ4v) is 2.58. The van der Waals surface area contributed by atoms with Gasteiger partial charge in [-0.15, -0.1) is 0 Å². The number of hydrogen-bond donors (Lipinski definition) is 0. The van der Waals surface area contributed by atoms with E-state index in [2.05, 4.69) is 4.99 Å². The molecule has 1 aliphatic heterocycles. The van der Waals surface area contributed by atoms with Gasteiger partial charge in [0.25, 0.3) is 0 Å². The molecule has 5 nitrogen and oxygen atoms in total. The van der Waals surface area contributed by atoms with E-state index in [9.17, 15) is 4.79 Å². The number of methoxy groups -OCH3 is 1. The number of fused-ring (bicyclic) bond motifs is 1. The Morgan fingerprint density at radius 3 is 2.83 bits per heavy atom. The first kappa shape index (κ1) is 11.1. The van der Waals surface area contributed by atoms with E-state index in [4.69, 9.17) is 14.2 Å². The number of rotatable bonds is 3. The number of isocyanates is 1. The Morgan fingerprint density at radius 2 is 2.22 bits per heavy atom. The Bertz CT molecular complexity index is 530. The van der Waals surface area contributed by atoms with Crippen LogP contribution in [0.25, 0.3) is 0 Å². The van der Waals surface area contributed by atoms with Gasteiger partial charge in [0, 0.05) is 0 Å². The summed E-state index contributed by atoms with van der Waals surface area (Å²) in [5, 5.41) is 0. The number of aliphatic imine (C=N–C) groups is 1. The summed E-state index contributed by atoms with van der Waals surface area (Å²) in [5.74, 6) is 2.00. The zero-order valence-electron chi connectivity index (χ0n) is 10.1. The third kappa shape index (κ3) is 1.41. The van der Waals surface area contributed by atoms with E-state index in [0.717, 1.165) is 24.8 Å². The van der Waals surface area contributed by atoms with Crippen LogP contribution in [0, 0.1) is 0 Å². The molecule has 0 unspecified atom stereocenters. The van der Waals surface area contributed by atoms with Crippen LogP contribution in [-0.2, 0) is 10.3 Å². The first-order valence-electron chi connectivity index (χ1n) is 5.87. The minimum absolute atomic E-state index is 0.191. The molecule has 94 valence electrons. The molecule has 1 fully saturated rings. The van der Waals surface area contributed by atoms with Crippen LogP contribution in [0.4, 0.5) is 0 Å². The van der Waals surface area contributed by atoms with Crippen molar-refractivity contribution in [2.75, 3.05) is 13.9 Å². The zero-order chi connectivity index (χ0) is 12.6. The van der Waals surface area contributed by atoms with E-state index in [-0.39, 0.29) is 6.79 Å². The summed E-state index contributed by atoms with van der Waals surface area (Å²) < 4.78 is 16.2. The summed E-state index contributed by atoms with van der Waals surface area (Å²) in [6.45, 7) is 0.191. The molecule has 1 heterocycles. The maximum atomic E-state index is 10.7. The highest BCUT2D eigenvalue weighted by molar-refractivity contribution is 5.60. The number of hydrogen-bond acceptors (Lipinski definition) is 5. The molecule has 1 saturated carbocycles. The number of carbonyl (C=O) groups excluding carboxylic acids is 1. The van der Waals surface area contributed by atoms with Gasteiger partial charge in [-0.1, -0.05) is 0 Å². The molecule has 0 radical (unpaired) electrons. The summed E-state index contributed by atoms with van der Waals surface area (Å²) in [6, 6.07) is 3.63. The molecule has 0 spiro atoms. The highest BCUT2D eigenvalue weighted by Crippen LogP contribution is 2.55. The molecule has 1 aromatic rings. The number of nitrogens with zero attached hydrogens (tertiary/aromatic N) is 1. The Kier molecular flexibility index (Phi) is 2.49. The van der Waals surface area contributed by atoms with Crippen LogP contribution < -0.4 is 14.2 Å². The fraction of sp³-hybridized carbons (Fsp3) is 0.462. The molecule has 0 N–H and O–H groups in total. The van der Waals surface area contributed by atoms with Crippen molar-refractivity contribution in [2.24, 2.45) is 4.99 Å². The van der Waals surface area contributed by atoms with E-state index in [0.29, 0.717) is 17.2 Å². The number of benzene rings is 1. The molecule has 5 heteroatoms. The maximum absolute atomic E-state index is 10.7. The van der Waals surface area contributed by atoms with Crippen molar-refractivity contribution in [1.29, 1.82) is 0 Å². The van der Waals surface area contributed by atoms with E-state index < -0.39 is 5.54 Å². The van der Waals surface area contributed by atoms with E-state index >= 15 is 0 Å². The van der Waals surface area contributed by atoms with E-state index in [1.807, 2.05) is 12.1 Å². The van der Waals surface area contributed by atoms with Crippen molar-refractivity contribution in [1.82, 2.24) is 0 Å². The molecule has 1 aromatic carbocycles. The minimum Gasteiger partial charge on any atom is -0.496 e. The van der Waals surface area contributed by atoms with Crippen LogP contribution in [0.3, 0.4) is 0 Å². The second-order valence-electron chi connectivity index (χ2n) is 4.46. The van der Waals surface area contributed by atoms with Gasteiger partial charge in [0.1, 0.15) is 11.3 Å². The summed E-state index contributed by atoms with van der Waals surface area (Å²) in [5.41, 5.74) is 0.265. The van der Waals surface area contributed by atoms with Crippen molar-refractivity contribution in [3.63, 3.8) is 0 Å². The minimum atomic E-state index is -0.549. The van der Waals surface area contributed by atoms with E-state index in [1.54, 1.807) is 13.2 Å². The maximum Gasteiger partial charge on any atom is 0.235 e. The summed E-state index contributed by atoms with van der Waals surface area (Å²) in [6.07, 6.45) is 4.31. The van der Waals surface area contributed by atoms with Gasteiger partial charge in [0.05, 0.1) is 12.7 Å². The lowest BCUT2D eigenvalue weighted by Gasteiger charge is -2.38. The third-order valence-electron chi connectivity index (χ3n) is 3.63. The van der Waals surface area contributed by atoms with Gasteiger partial charge in [-0.25, -0.2) is 4.79 Å². The molecule has 2 aliphatic rings. The zero-order valence-corrected chi connectivity index (χ0v) is 10.1. The standard InChI is InChI=1S/C13H13NO4/c1-16-9-3-4-10-12(18-8-17-10)11(9)13(14-7-15)5-2-6-13/h3-4H,2,5-6,8H2,1H3. The largest absolute Gasteiger partial charge is 0.496 e. The van der Waals surface area contributed by atoms with Crippen LogP contribution in [0.2, 0.25) is 0 Å². The first-order valence-corrected chi connectivity index (χ1v) is 5.87. The Morgan fingerprint density at radius 1 is 1.39 bits per heavy atom. The summed E-state index contributed by atoms with van der Waals surface area (Å²) in [7, 11) is 1.60. The lowest BCUT2D eigenvalue weighted by molar-refractivity contribution is 0.168. The van der Waals surface area contributed by atoms with Gasteiger partial charge in [-0.3, -0.25) is 0 Å². The predicted molar refractivity (Wildman–Crippen MR) is 62.8 cm³/mol. The third-order valence-corrected chi connectivity index (χ3v) is 3.63. The van der Waals surface area contributed by atoms with Crippen molar-refractivity contribution < 1.29 is 19.0 Å². The Balaban J connectivity index is 2.20. The molecular formula is C13H13NO4. The van der Waals surface area contributed by atoms with Crippen molar-refractivity contribution in [2.45, 2.75) is 24.8 Å². The van der Waals surface area contributed by atoms with Gasteiger partial charge >= 0.3 is 0 Å². The normalized spacial score (nSPS) is 18.7. The Labute approximate surface area is 104 Å². The molecule has 0 atom stereocenters. The number of ether oxygens (including phenoxy) is 3. The topological polar surface area (TPSA) is 57.1 Å². The first-order chi connectivity index (χ1) is 8.80. The van der Waals surface area contributed by atoms with Crippen molar-refractivity contribution >= 4 is 6.08 Å². The monoisotopic (exact) mass is 247 g/mol. The second-order valence-corrected chi connectivity index (χ2v) is 4.46. The molecule has 1 aliphatic carbocycles. The summed E-state index contributed by atoms with van der Waals surface area (Å²) in [4.78, 5) is 14.7. The molecule has 0 bridgehead atoms. The molecule has 3 rings (SSSR count). The predicted octanol–water partition coefficient (Wildman–Crippen LogP) is 2.14. The van der Waals surface area contributed by atoms with Crippen LogP contribution in [0.5, 0.6) is 17.2 Å². The van der Waals surface area contributed by atoms with Gasteiger partial charge in [-0.05, 0) is 31.4 Å². The van der Waals surface area contributed by atoms with Gasteiger partial charge in [0.15, 0.2) is 11.5 Å². The van der Waals surface area contributed by atoms with Crippen LogP contribution >= 0.6 is 0 Å². The smallest absolute Gasteiger partial charge is 0.235 e. The Hall–Kier alpha value is -2.00. The van der Waals surface area contributed by atoms with Gasteiger partial charge < -0.3 is 14.2 Å². The SMILES string of the molecule is COc1ccc2c(c1C1(N=C=O)CCC1)OCO2. The second kappa shape index (κ2) is 4.03. The average Bonchev–Trinajstić information content (AvgIpc) is 2.81. The molecule has 0 aromatic heterocycles. The van der Waals surface area contributed by atoms with Gasteiger partial charge in [0.2, 0.25) is 12.9 Å². The van der Waals surface area contributed by atoms with Crippen LogP contribution in [0.1, 0.15) is 24.8 Å². The lowest BCUT2D eigenvalue weighted by atomic mass is 9.71. The van der Waals surface area contributed by atoms with Crippen molar-refractivity contribution in [3.05, 3.63) is 17.7 Å². The van der Waals surface area contributed by atoms with Crippen LogP contribution in [0.15, 0.2) is 17.1 Å². The average molecular weight is 247 g/mol. The molecule has 0 saturated heterocycles. The van der Waals surface area contributed by atoms with Crippen LogP contribution in [-0.4, -0.2) is 20.0 Å². The van der Waals surface area contributed by atoms with E-state index in [1.165, 1.54) is 0 Å². The highest BCUT2D eigenvalue weighted by atomic mass is 16.7. The highest BCUT2D eigenvalue weighted by Gasteiger charge is 2.45.